The lowest BCUT2D eigenvalue weighted by molar-refractivity contribution is -0.139. The Morgan fingerprint density at radius 3 is 2.36 bits per heavy atom. The van der Waals surface area contributed by atoms with E-state index in [1.165, 1.54) is 4.90 Å². The largest absolute Gasteiger partial charge is 0.368 e. The quantitative estimate of drug-likeness (QED) is 0.238. The fourth-order valence-electron chi connectivity index (χ4n) is 3.63. The summed E-state index contributed by atoms with van der Waals surface area (Å²) in [6.45, 7) is 3.82. The molecule has 0 bridgehead atoms. The zero-order valence-corrected chi connectivity index (χ0v) is 20.8. The zero-order chi connectivity index (χ0) is 27.1. The first-order valence-electron chi connectivity index (χ1n) is 11.9. The molecule has 11 heteroatoms. The van der Waals surface area contributed by atoms with Crippen LogP contribution in [0.5, 0.6) is 0 Å². The number of hydrogen-bond donors (Lipinski definition) is 5. The van der Waals surface area contributed by atoms with Gasteiger partial charge in [-0.25, -0.2) is 0 Å². The van der Waals surface area contributed by atoms with Gasteiger partial charge in [-0.3, -0.25) is 24.0 Å². The van der Waals surface area contributed by atoms with E-state index in [9.17, 15) is 24.0 Å². The van der Waals surface area contributed by atoms with Gasteiger partial charge in [0.05, 0.1) is 13.1 Å². The molecule has 3 atom stereocenters. The highest BCUT2D eigenvalue weighted by molar-refractivity contribution is 5.95. The van der Waals surface area contributed by atoms with Gasteiger partial charge in [-0.15, -0.1) is 12.3 Å². The van der Waals surface area contributed by atoms with Crippen LogP contribution in [0.15, 0.2) is 30.3 Å². The topological polar surface area (TPSA) is 177 Å². The Bertz CT molecular complexity index is 946. The molecule has 0 aromatic heterocycles. The standard InChI is InChI=1S/C23H30N6O5.C2H6/c1-2-7-16(21(25)32)27-22(33)17(12-15-8-4-3-5-9-15)28-23(34)18-10-6-11-29(18)20(31)14-26-19(30)13-24;1-2/h1,3-5,8-9,16-18H,6-7,10-14,24H2,(H2,25,32)(H,26,30)(H,27,33)(H,28,34);1-2H3. The van der Waals surface area contributed by atoms with Gasteiger partial charge in [-0.2, -0.15) is 0 Å². The van der Waals surface area contributed by atoms with Crippen LogP contribution < -0.4 is 27.4 Å². The Morgan fingerprint density at radius 2 is 1.78 bits per heavy atom. The molecule has 1 aromatic rings. The average molecular weight is 501 g/mol. The van der Waals surface area contributed by atoms with Crippen LogP contribution in [-0.4, -0.2) is 72.2 Å². The van der Waals surface area contributed by atoms with E-state index < -0.39 is 47.7 Å². The monoisotopic (exact) mass is 500 g/mol. The lowest BCUT2D eigenvalue weighted by atomic mass is 10.0. The Hall–Kier alpha value is -3.91. The molecule has 3 unspecified atom stereocenters. The zero-order valence-electron chi connectivity index (χ0n) is 20.8. The van der Waals surface area contributed by atoms with Crippen LogP contribution >= 0.6 is 0 Å². The fraction of sp³-hybridized carbons (Fsp3) is 0.480. The average Bonchev–Trinajstić information content (AvgIpc) is 3.38. The number of nitrogens with zero attached hydrogens (tertiary/aromatic N) is 1. The molecule has 36 heavy (non-hydrogen) atoms. The van der Waals surface area contributed by atoms with Crippen molar-refractivity contribution < 1.29 is 24.0 Å². The summed E-state index contributed by atoms with van der Waals surface area (Å²) >= 11 is 0. The molecule has 1 aliphatic heterocycles. The highest BCUT2D eigenvalue weighted by Gasteiger charge is 2.36. The van der Waals surface area contributed by atoms with Crippen molar-refractivity contribution in [3.63, 3.8) is 0 Å². The van der Waals surface area contributed by atoms with Crippen molar-refractivity contribution in [2.24, 2.45) is 11.5 Å². The number of nitrogens with two attached hydrogens (primary N) is 2. The minimum absolute atomic E-state index is 0.0908. The molecule has 11 nitrogen and oxygen atoms in total. The van der Waals surface area contributed by atoms with E-state index in [-0.39, 0.29) is 25.9 Å². The van der Waals surface area contributed by atoms with Crippen LogP contribution in [0.2, 0.25) is 0 Å². The predicted octanol–water partition coefficient (Wildman–Crippen LogP) is -1.20. The van der Waals surface area contributed by atoms with Crippen molar-refractivity contribution in [2.45, 2.75) is 57.7 Å². The van der Waals surface area contributed by atoms with Gasteiger partial charge in [0.2, 0.25) is 29.5 Å². The van der Waals surface area contributed by atoms with E-state index >= 15 is 0 Å². The van der Waals surface area contributed by atoms with E-state index in [0.29, 0.717) is 19.4 Å². The molecule has 0 aliphatic carbocycles. The number of primary amides is 1. The minimum atomic E-state index is -1.08. The first kappa shape index (κ1) is 30.1. The Morgan fingerprint density at radius 1 is 1.11 bits per heavy atom. The first-order chi connectivity index (χ1) is 17.3. The van der Waals surface area contributed by atoms with Gasteiger partial charge in [-0.05, 0) is 18.4 Å². The summed E-state index contributed by atoms with van der Waals surface area (Å²) in [6, 6.07) is 6.08. The molecule has 2 rings (SSSR count). The second kappa shape index (κ2) is 15.9. The number of terminal acetylenes is 1. The number of likely N-dealkylation sites (tertiary alicyclic amines) is 1. The third-order valence-electron chi connectivity index (χ3n) is 5.40. The van der Waals surface area contributed by atoms with Gasteiger partial charge in [0.15, 0.2) is 0 Å². The van der Waals surface area contributed by atoms with Gasteiger partial charge >= 0.3 is 0 Å². The van der Waals surface area contributed by atoms with Crippen molar-refractivity contribution in [2.75, 3.05) is 19.6 Å². The molecule has 1 aliphatic rings. The van der Waals surface area contributed by atoms with Gasteiger partial charge in [0.25, 0.3) is 0 Å². The van der Waals surface area contributed by atoms with Crippen LogP contribution in [0, 0.1) is 12.3 Å². The summed E-state index contributed by atoms with van der Waals surface area (Å²) in [4.78, 5) is 62.9. The van der Waals surface area contributed by atoms with Crippen molar-refractivity contribution in [3.05, 3.63) is 35.9 Å². The van der Waals surface area contributed by atoms with Crippen molar-refractivity contribution in [3.8, 4) is 12.3 Å². The third-order valence-corrected chi connectivity index (χ3v) is 5.40. The molecule has 0 spiro atoms. The number of carbonyl (C=O) groups excluding carboxylic acids is 5. The van der Waals surface area contributed by atoms with E-state index in [0.717, 1.165) is 5.56 Å². The van der Waals surface area contributed by atoms with E-state index in [1.807, 2.05) is 19.9 Å². The Balaban J connectivity index is 0.00000316. The highest BCUT2D eigenvalue weighted by atomic mass is 16.2. The number of nitrogens with one attached hydrogen (secondary N) is 3. The minimum Gasteiger partial charge on any atom is -0.368 e. The number of benzene rings is 1. The van der Waals surface area contributed by atoms with Crippen LogP contribution in [0.4, 0.5) is 0 Å². The highest BCUT2D eigenvalue weighted by Crippen LogP contribution is 2.18. The maximum absolute atomic E-state index is 13.1. The predicted molar refractivity (Wildman–Crippen MR) is 135 cm³/mol. The Kier molecular flexibility index (Phi) is 13.3. The molecule has 7 N–H and O–H groups in total. The van der Waals surface area contributed by atoms with Crippen LogP contribution in [-0.2, 0) is 30.4 Å². The maximum Gasteiger partial charge on any atom is 0.243 e. The van der Waals surface area contributed by atoms with E-state index in [2.05, 4.69) is 21.9 Å². The number of rotatable bonds is 11. The van der Waals surface area contributed by atoms with Gasteiger partial charge in [0, 0.05) is 19.4 Å². The van der Waals surface area contributed by atoms with Gasteiger partial charge < -0.3 is 32.3 Å². The number of hydrogen-bond acceptors (Lipinski definition) is 6. The molecular formula is C25H36N6O5. The van der Waals surface area contributed by atoms with Crippen molar-refractivity contribution >= 4 is 29.5 Å². The molecule has 1 saturated heterocycles. The second-order valence-corrected chi connectivity index (χ2v) is 7.85. The normalized spacial score (nSPS) is 15.8. The number of amides is 5. The summed E-state index contributed by atoms with van der Waals surface area (Å²) in [5, 5.41) is 7.59. The molecular weight excluding hydrogens is 464 g/mol. The SMILES string of the molecule is C#CCC(NC(=O)C(Cc1ccccc1)NC(=O)C1CCCN1C(=O)CNC(=O)CN)C(N)=O.CC. The molecule has 0 saturated carbocycles. The van der Waals surface area contributed by atoms with Crippen molar-refractivity contribution in [1.29, 1.82) is 0 Å². The first-order valence-corrected chi connectivity index (χ1v) is 11.9. The van der Waals surface area contributed by atoms with Gasteiger partial charge in [0.1, 0.15) is 18.1 Å². The summed E-state index contributed by atoms with van der Waals surface area (Å²) in [6.07, 6.45) is 6.31. The van der Waals surface area contributed by atoms with Crippen LogP contribution in [0.25, 0.3) is 0 Å². The van der Waals surface area contributed by atoms with Gasteiger partial charge in [-0.1, -0.05) is 44.2 Å². The van der Waals surface area contributed by atoms with E-state index in [1.54, 1.807) is 24.3 Å². The second-order valence-electron chi connectivity index (χ2n) is 7.85. The van der Waals surface area contributed by atoms with Crippen molar-refractivity contribution in [1.82, 2.24) is 20.9 Å². The lowest BCUT2D eigenvalue weighted by Crippen LogP contribution is -2.57. The maximum atomic E-state index is 13.1. The van der Waals surface area contributed by atoms with E-state index in [4.69, 9.17) is 17.9 Å². The molecule has 1 aromatic carbocycles. The number of carbonyl (C=O) groups is 5. The summed E-state index contributed by atoms with van der Waals surface area (Å²) < 4.78 is 0. The Labute approximate surface area is 211 Å². The fourth-order valence-corrected chi connectivity index (χ4v) is 3.63. The smallest absolute Gasteiger partial charge is 0.243 e. The molecule has 5 amide bonds. The summed E-state index contributed by atoms with van der Waals surface area (Å²) in [5.41, 5.74) is 11.3. The summed E-state index contributed by atoms with van der Waals surface area (Å²) in [7, 11) is 0. The molecule has 1 heterocycles. The molecule has 196 valence electrons. The molecule has 1 fully saturated rings. The van der Waals surface area contributed by atoms with Crippen LogP contribution in [0.1, 0.15) is 38.7 Å². The summed E-state index contributed by atoms with van der Waals surface area (Å²) in [5.74, 6) is -0.547. The third kappa shape index (κ3) is 9.38. The lowest BCUT2D eigenvalue weighted by Gasteiger charge is -2.27. The molecule has 0 radical (unpaired) electrons. The van der Waals surface area contributed by atoms with Crippen LogP contribution in [0.3, 0.4) is 0 Å².